The minimum Gasteiger partial charge on any atom is -0.286 e. The number of hydrogen-bond acceptors (Lipinski definition) is 2. The van der Waals surface area contributed by atoms with Gasteiger partial charge in [0.25, 0.3) is 0 Å². The first-order valence-electron chi connectivity index (χ1n) is 5.55. The van der Waals surface area contributed by atoms with E-state index in [-0.39, 0.29) is 5.91 Å². The van der Waals surface area contributed by atoms with E-state index in [2.05, 4.69) is 6.92 Å². The predicted molar refractivity (Wildman–Crippen MR) is 54.9 cm³/mol. The molecule has 14 heavy (non-hydrogen) atoms. The Kier molecular flexibility index (Phi) is 4.39. The second-order valence-corrected chi connectivity index (χ2v) is 4.58. The number of hydroxylamine groups is 2. The molecular weight excluding hydrogens is 178 g/mol. The largest absolute Gasteiger partial charge is 0.286 e. The zero-order chi connectivity index (χ0) is 10.6. The summed E-state index contributed by atoms with van der Waals surface area (Å²) in [6, 6.07) is 0. The normalized spacial score (nSPS) is 27.4. The van der Waals surface area contributed by atoms with E-state index in [1.54, 1.807) is 0 Å². The molecule has 0 saturated heterocycles. The molecule has 0 aliphatic heterocycles. The smallest absolute Gasteiger partial charge is 0.245 e. The van der Waals surface area contributed by atoms with Gasteiger partial charge in [-0.1, -0.05) is 32.6 Å². The van der Waals surface area contributed by atoms with Crippen molar-refractivity contribution in [3.63, 3.8) is 0 Å². The van der Waals surface area contributed by atoms with E-state index >= 15 is 0 Å². The van der Waals surface area contributed by atoms with E-state index in [4.69, 9.17) is 5.21 Å². The van der Waals surface area contributed by atoms with Gasteiger partial charge in [-0.05, 0) is 18.3 Å². The van der Waals surface area contributed by atoms with Crippen LogP contribution < -0.4 is 0 Å². The second kappa shape index (κ2) is 5.35. The number of nitrogens with zero attached hydrogens (tertiary/aromatic N) is 1. The van der Waals surface area contributed by atoms with Gasteiger partial charge in [-0.3, -0.25) is 10.0 Å². The van der Waals surface area contributed by atoms with Crippen LogP contribution in [0.5, 0.6) is 0 Å². The Bertz CT molecular complexity index is 184. The predicted octanol–water partition coefficient (Wildman–Crippen LogP) is 2.44. The van der Waals surface area contributed by atoms with E-state index in [9.17, 15) is 4.79 Å². The fourth-order valence-electron chi connectivity index (χ4n) is 2.11. The van der Waals surface area contributed by atoms with Crippen LogP contribution in [0.2, 0.25) is 0 Å². The van der Waals surface area contributed by atoms with E-state index in [0.29, 0.717) is 17.4 Å². The van der Waals surface area contributed by atoms with Crippen molar-refractivity contribution < 1.29 is 10.0 Å². The van der Waals surface area contributed by atoms with E-state index in [1.807, 2.05) is 0 Å². The summed E-state index contributed by atoms with van der Waals surface area (Å²) in [6.45, 7) is 2.29. The maximum atomic E-state index is 11.1. The van der Waals surface area contributed by atoms with E-state index < -0.39 is 0 Å². The number of hydrogen-bond donors (Lipinski definition) is 1. The fraction of sp³-hybridized carbons (Fsp3) is 0.909. The van der Waals surface area contributed by atoms with Crippen molar-refractivity contribution in [2.24, 2.45) is 11.8 Å². The molecule has 82 valence electrons. The van der Waals surface area contributed by atoms with Crippen LogP contribution in [0.25, 0.3) is 0 Å². The Morgan fingerprint density at radius 3 is 2.43 bits per heavy atom. The molecule has 3 nitrogen and oxygen atoms in total. The number of rotatable bonds is 3. The van der Waals surface area contributed by atoms with Gasteiger partial charge in [-0.25, -0.2) is 5.06 Å². The molecule has 0 unspecified atom stereocenters. The lowest BCUT2D eigenvalue weighted by Gasteiger charge is -2.26. The van der Waals surface area contributed by atoms with Gasteiger partial charge in [0.15, 0.2) is 0 Å². The van der Waals surface area contributed by atoms with Crippen LogP contribution in [0.1, 0.15) is 45.4 Å². The Morgan fingerprint density at radius 1 is 1.36 bits per heavy atom. The molecule has 3 heteroatoms. The zero-order valence-corrected chi connectivity index (χ0v) is 9.20. The lowest BCUT2D eigenvalue weighted by atomic mass is 9.81. The lowest BCUT2D eigenvalue weighted by Crippen LogP contribution is -2.23. The SMILES string of the molecule is CC1CCC(CCC(=O)N(C)O)CC1. The molecule has 1 fully saturated rings. The molecule has 1 amide bonds. The average Bonchev–Trinajstić information content (AvgIpc) is 2.16. The molecular formula is C11H21NO2. The highest BCUT2D eigenvalue weighted by molar-refractivity contribution is 5.74. The Morgan fingerprint density at radius 2 is 1.93 bits per heavy atom. The van der Waals surface area contributed by atoms with Gasteiger partial charge < -0.3 is 0 Å². The number of amides is 1. The summed E-state index contributed by atoms with van der Waals surface area (Å²) in [6.07, 6.45) is 6.54. The maximum Gasteiger partial charge on any atom is 0.245 e. The highest BCUT2D eigenvalue weighted by Gasteiger charge is 2.19. The molecule has 1 rings (SSSR count). The van der Waals surface area contributed by atoms with Gasteiger partial charge in [0, 0.05) is 13.5 Å². The van der Waals surface area contributed by atoms with Crippen LogP contribution in [-0.4, -0.2) is 23.2 Å². The summed E-state index contributed by atoms with van der Waals surface area (Å²) in [7, 11) is 1.39. The minimum absolute atomic E-state index is 0.163. The first-order valence-corrected chi connectivity index (χ1v) is 5.55. The summed E-state index contributed by atoms with van der Waals surface area (Å²) in [4.78, 5) is 11.1. The van der Waals surface area contributed by atoms with Crippen LogP contribution in [0, 0.1) is 11.8 Å². The molecule has 1 saturated carbocycles. The molecule has 0 bridgehead atoms. The summed E-state index contributed by atoms with van der Waals surface area (Å²) in [5.74, 6) is 1.40. The van der Waals surface area contributed by atoms with Crippen LogP contribution in [0.3, 0.4) is 0 Å². The summed E-state index contributed by atoms with van der Waals surface area (Å²) < 4.78 is 0. The van der Waals surface area contributed by atoms with Crippen LogP contribution in [-0.2, 0) is 4.79 Å². The first kappa shape index (κ1) is 11.5. The molecule has 0 aromatic heterocycles. The Labute approximate surface area is 86.1 Å². The Balaban J connectivity index is 2.16. The van der Waals surface area contributed by atoms with Crippen molar-refractivity contribution in [1.29, 1.82) is 0 Å². The molecule has 0 radical (unpaired) electrons. The quantitative estimate of drug-likeness (QED) is 0.560. The molecule has 1 aliphatic rings. The third-order valence-corrected chi connectivity index (χ3v) is 3.26. The molecule has 0 heterocycles. The van der Waals surface area contributed by atoms with E-state index in [0.717, 1.165) is 12.3 Å². The first-order chi connectivity index (χ1) is 6.59. The van der Waals surface area contributed by atoms with Crippen molar-refractivity contribution in [3.8, 4) is 0 Å². The maximum absolute atomic E-state index is 11.1. The number of carbonyl (C=O) groups is 1. The van der Waals surface area contributed by atoms with Crippen molar-refractivity contribution in [1.82, 2.24) is 5.06 Å². The van der Waals surface area contributed by atoms with Crippen LogP contribution in [0.4, 0.5) is 0 Å². The highest BCUT2D eigenvalue weighted by atomic mass is 16.5. The van der Waals surface area contributed by atoms with Crippen molar-refractivity contribution >= 4 is 5.91 Å². The zero-order valence-electron chi connectivity index (χ0n) is 9.20. The van der Waals surface area contributed by atoms with Crippen LogP contribution >= 0.6 is 0 Å². The molecule has 1 N–H and O–H groups in total. The molecule has 0 spiro atoms. The van der Waals surface area contributed by atoms with E-state index in [1.165, 1.54) is 32.7 Å². The minimum atomic E-state index is -0.163. The van der Waals surface area contributed by atoms with Gasteiger partial charge in [-0.2, -0.15) is 0 Å². The summed E-state index contributed by atoms with van der Waals surface area (Å²) >= 11 is 0. The molecule has 1 aliphatic carbocycles. The fourth-order valence-corrected chi connectivity index (χ4v) is 2.11. The molecule has 0 aromatic carbocycles. The lowest BCUT2D eigenvalue weighted by molar-refractivity contribution is -0.159. The third kappa shape index (κ3) is 3.66. The molecule has 0 aromatic rings. The van der Waals surface area contributed by atoms with Gasteiger partial charge in [0.2, 0.25) is 5.91 Å². The van der Waals surface area contributed by atoms with Gasteiger partial charge in [0.1, 0.15) is 0 Å². The van der Waals surface area contributed by atoms with Gasteiger partial charge in [0.05, 0.1) is 0 Å². The van der Waals surface area contributed by atoms with Gasteiger partial charge in [-0.15, -0.1) is 0 Å². The molecule has 0 atom stereocenters. The van der Waals surface area contributed by atoms with Crippen LogP contribution in [0.15, 0.2) is 0 Å². The topological polar surface area (TPSA) is 40.5 Å². The van der Waals surface area contributed by atoms with Crippen molar-refractivity contribution in [3.05, 3.63) is 0 Å². The Hall–Kier alpha value is -0.570. The van der Waals surface area contributed by atoms with Crippen molar-refractivity contribution in [2.45, 2.75) is 45.4 Å². The number of carbonyl (C=O) groups excluding carboxylic acids is 1. The average molecular weight is 199 g/mol. The summed E-state index contributed by atoms with van der Waals surface area (Å²) in [5.41, 5.74) is 0. The van der Waals surface area contributed by atoms with Crippen molar-refractivity contribution in [2.75, 3.05) is 7.05 Å². The summed E-state index contributed by atoms with van der Waals surface area (Å²) in [5, 5.41) is 9.58. The second-order valence-electron chi connectivity index (χ2n) is 4.58. The third-order valence-electron chi connectivity index (χ3n) is 3.26. The monoisotopic (exact) mass is 199 g/mol. The van der Waals surface area contributed by atoms with Gasteiger partial charge >= 0.3 is 0 Å². The standard InChI is InChI=1S/C11H21NO2/c1-9-3-5-10(6-4-9)7-8-11(13)12(2)14/h9-10,14H,3-8H2,1-2H3. The highest BCUT2D eigenvalue weighted by Crippen LogP contribution is 2.31.